The zero-order valence-electron chi connectivity index (χ0n) is 7.64. The van der Waals surface area contributed by atoms with Crippen molar-refractivity contribution in [1.29, 1.82) is 0 Å². The Morgan fingerprint density at radius 1 is 1.21 bits per heavy atom. The largest absolute Gasteiger partial charge is 0.418 e. The first kappa shape index (κ1) is 8.74. The zero-order chi connectivity index (χ0) is 10.1. The van der Waals surface area contributed by atoms with E-state index in [2.05, 4.69) is 4.74 Å². The van der Waals surface area contributed by atoms with Crippen LogP contribution in [0.25, 0.3) is 0 Å². The van der Waals surface area contributed by atoms with Crippen LogP contribution in [-0.2, 0) is 9.53 Å². The topological polar surface area (TPSA) is 46.6 Å². The molecule has 0 aliphatic carbocycles. The molecule has 14 heavy (non-hydrogen) atoms. The monoisotopic (exact) mass is 191 g/mol. The van der Waals surface area contributed by atoms with Gasteiger partial charge in [-0.2, -0.15) is 0 Å². The summed E-state index contributed by atoms with van der Waals surface area (Å²) >= 11 is 0. The lowest BCUT2D eigenvalue weighted by molar-refractivity contribution is -0.135. The molecule has 0 radical (unpaired) electrons. The van der Waals surface area contributed by atoms with E-state index in [1.165, 1.54) is 4.90 Å². The van der Waals surface area contributed by atoms with Crippen LogP contribution in [0.1, 0.15) is 11.6 Å². The number of hydrogen-bond acceptors (Lipinski definition) is 3. The Labute approximate surface area is 81.1 Å². The molecule has 1 fully saturated rings. The fourth-order valence-corrected chi connectivity index (χ4v) is 1.47. The molecule has 1 atom stereocenters. The zero-order valence-corrected chi connectivity index (χ0v) is 7.64. The van der Waals surface area contributed by atoms with Crippen molar-refractivity contribution in [3.05, 3.63) is 35.9 Å². The molecule has 1 saturated heterocycles. The lowest BCUT2D eigenvalue weighted by Gasteiger charge is -2.13. The molecule has 0 saturated carbocycles. The summed E-state index contributed by atoms with van der Waals surface area (Å²) in [5.74, 6) is -0.510. The van der Waals surface area contributed by atoms with E-state index in [0.717, 1.165) is 5.56 Å². The summed E-state index contributed by atoms with van der Waals surface area (Å²) in [6.07, 6.45) is -0.594. The van der Waals surface area contributed by atoms with Crippen LogP contribution < -0.4 is 0 Å². The van der Waals surface area contributed by atoms with Gasteiger partial charge in [-0.1, -0.05) is 30.3 Å². The molecule has 1 amide bonds. The van der Waals surface area contributed by atoms with Crippen molar-refractivity contribution in [3.8, 4) is 0 Å². The summed E-state index contributed by atoms with van der Waals surface area (Å²) < 4.78 is 4.49. The van der Waals surface area contributed by atoms with Crippen LogP contribution in [0.15, 0.2) is 30.3 Å². The minimum atomic E-state index is -0.594. The maximum Gasteiger partial charge on any atom is 0.418 e. The van der Waals surface area contributed by atoms with Crippen molar-refractivity contribution in [2.45, 2.75) is 6.04 Å². The van der Waals surface area contributed by atoms with E-state index in [4.69, 9.17) is 0 Å². The van der Waals surface area contributed by atoms with Crippen molar-refractivity contribution in [2.24, 2.45) is 0 Å². The molecule has 0 N–H and O–H groups in total. The fourth-order valence-electron chi connectivity index (χ4n) is 1.47. The number of carbonyl (C=O) groups excluding carboxylic acids is 2. The first-order valence-electron chi connectivity index (χ1n) is 4.23. The average Bonchev–Trinajstić information content (AvgIpc) is 2.43. The van der Waals surface area contributed by atoms with Gasteiger partial charge in [0.25, 0.3) is 0 Å². The lowest BCUT2D eigenvalue weighted by atomic mass is 10.1. The van der Waals surface area contributed by atoms with Gasteiger partial charge in [-0.15, -0.1) is 0 Å². The molecular weight excluding hydrogens is 182 g/mol. The van der Waals surface area contributed by atoms with Gasteiger partial charge in [0.05, 0.1) is 0 Å². The summed E-state index contributed by atoms with van der Waals surface area (Å²) in [7, 11) is 1.55. The second-order valence-corrected chi connectivity index (χ2v) is 3.11. The number of rotatable bonds is 1. The quantitative estimate of drug-likeness (QED) is 0.497. The third-order valence-corrected chi connectivity index (χ3v) is 2.20. The smallest absolute Gasteiger partial charge is 0.374 e. The predicted octanol–water partition coefficient (Wildman–Crippen LogP) is 1.34. The van der Waals surface area contributed by atoms with E-state index in [1.807, 2.05) is 18.2 Å². The van der Waals surface area contributed by atoms with Crippen LogP contribution in [0.2, 0.25) is 0 Å². The molecule has 4 nitrogen and oxygen atoms in total. The first-order chi connectivity index (χ1) is 6.70. The predicted molar refractivity (Wildman–Crippen MR) is 48.4 cm³/mol. The second kappa shape index (κ2) is 3.14. The van der Waals surface area contributed by atoms with Crippen molar-refractivity contribution >= 4 is 12.1 Å². The molecule has 1 aliphatic rings. The van der Waals surface area contributed by atoms with E-state index >= 15 is 0 Å². The lowest BCUT2D eigenvalue weighted by Crippen LogP contribution is -2.23. The Morgan fingerprint density at radius 3 is 2.36 bits per heavy atom. The van der Waals surface area contributed by atoms with Crippen LogP contribution in [0.4, 0.5) is 4.79 Å². The molecular formula is C10H9NO3. The number of hydrogen-bond donors (Lipinski definition) is 0. The number of nitrogens with zero attached hydrogens (tertiary/aromatic N) is 1. The van der Waals surface area contributed by atoms with E-state index in [-0.39, 0.29) is 0 Å². The maximum absolute atomic E-state index is 11.3. The molecule has 2 rings (SSSR count). The van der Waals surface area contributed by atoms with Crippen LogP contribution in [0, 0.1) is 0 Å². The normalized spacial score (nSPS) is 21.2. The molecule has 0 spiro atoms. The maximum atomic E-state index is 11.3. The van der Waals surface area contributed by atoms with E-state index in [9.17, 15) is 9.59 Å². The Balaban J connectivity index is 2.36. The van der Waals surface area contributed by atoms with Gasteiger partial charge >= 0.3 is 12.1 Å². The highest BCUT2D eigenvalue weighted by atomic mass is 16.6. The van der Waals surface area contributed by atoms with Gasteiger partial charge in [0.1, 0.15) is 0 Å². The molecule has 1 heterocycles. The Kier molecular flexibility index (Phi) is 1.96. The number of carbonyl (C=O) groups is 2. The minimum absolute atomic E-state index is 0.510. The van der Waals surface area contributed by atoms with E-state index in [0.29, 0.717) is 0 Å². The molecule has 0 unspecified atom stereocenters. The van der Waals surface area contributed by atoms with Crippen LogP contribution in [-0.4, -0.2) is 24.0 Å². The SMILES string of the molecule is CN1C(=O)OC(=O)[C@@H]1c1ccccc1. The van der Waals surface area contributed by atoms with Gasteiger partial charge in [0.2, 0.25) is 0 Å². The minimum Gasteiger partial charge on any atom is -0.374 e. The molecule has 1 aliphatic heterocycles. The number of amides is 1. The van der Waals surface area contributed by atoms with Gasteiger partial charge in [-0.3, -0.25) is 4.90 Å². The van der Waals surface area contributed by atoms with Crippen molar-refractivity contribution in [2.75, 3.05) is 7.05 Å². The highest BCUT2D eigenvalue weighted by Gasteiger charge is 2.39. The van der Waals surface area contributed by atoms with Gasteiger partial charge < -0.3 is 4.74 Å². The molecule has 0 bridgehead atoms. The third-order valence-electron chi connectivity index (χ3n) is 2.20. The summed E-state index contributed by atoms with van der Waals surface area (Å²) in [5.41, 5.74) is 0.769. The second-order valence-electron chi connectivity index (χ2n) is 3.11. The van der Waals surface area contributed by atoms with Crippen molar-refractivity contribution < 1.29 is 14.3 Å². The summed E-state index contributed by atoms with van der Waals surface area (Å²) in [5, 5.41) is 0. The van der Waals surface area contributed by atoms with Gasteiger partial charge in [0.15, 0.2) is 6.04 Å². The number of esters is 1. The molecule has 4 heteroatoms. The number of ether oxygens (including phenoxy) is 1. The number of benzene rings is 1. The van der Waals surface area contributed by atoms with Crippen molar-refractivity contribution in [1.82, 2.24) is 4.90 Å². The van der Waals surface area contributed by atoms with Crippen LogP contribution >= 0.6 is 0 Å². The third kappa shape index (κ3) is 1.25. The molecule has 1 aromatic rings. The Hall–Kier alpha value is -1.84. The van der Waals surface area contributed by atoms with E-state index < -0.39 is 18.1 Å². The van der Waals surface area contributed by atoms with Crippen LogP contribution in [0.5, 0.6) is 0 Å². The Morgan fingerprint density at radius 2 is 1.86 bits per heavy atom. The number of likely N-dealkylation sites (N-methyl/N-ethyl adjacent to an activating group) is 1. The standard InChI is InChI=1S/C10H9NO3/c1-11-8(9(12)14-10(11)13)7-5-3-2-4-6-7/h2-6,8H,1H3/t8-/m0/s1. The highest BCUT2D eigenvalue weighted by molar-refractivity contribution is 5.95. The van der Waals surface area contributed by atoms with Gasteiger partial charge in [-0.25, -0.2) is 9.59 Å². The Bertz CT molecular complexity index is 374. The average molecular weight is 191 g/mol. The number of cyclic esters (lactones) is 2. The fraction of sp³-hybridized carbons (Fsp3) is 0.200. The summed E-state index contributed by atoms with van der Waals surface area (Å²) in [4.78, 5) is 23.7. The summed E-state index contributed by atoms with van der Waals surface area (Å²) in [6.45, 7) is 0. The molecule has 0 aromatic heterocycles. The van der Waals surface area contributed by atoms with E-state index in [1.54, 1.807) is 19.2 Å². The van der Waals surface area contributed by atoms with Gasteiger partial charge in [0, 0.05) is 7.05 Å². The molecule has 72 valence electrons. The highest BCUT2D eigenvalue weighted by Crippen LogP contribution is 2.26. The first-order valence-corrected chi connectivity index (χ1v) is 4.23. The van der Waals surface area contributed by atoms with Crippen LogP contribution in [0.3, 0.4) is 0 Å². The van der Waals surface area contributed by atoms with Gasteiger partial charge in [-0.05, 0) is 5.56 Å². The van der Waals surface area contributed by atoms with Crippen molar-refractivity contribution in [3.63, 3.8) is 0 Å². The molecule has 1 aromatic carbocycles. The summed E-state index contributed by atoms with van der Waals surface area (Å²) in [6, 6.07) is 8.48.